The Morgan fingerprint density at radius 2 is 1.21 bits per heavy atom. The topological polar surface area (TPSA) is 3.24 Å². The fraction of sp³-hybridized carbons (Fsp3) is 0.562. The first-order valence-corrected chi connectivity index (χ1v) is 13.3. The molecule has 178 valence electrons. The van der Waals surface area contributed by atoms with Gasteiger partial charge in [0.2, 0.25) is 0 Å². The van der Waals surface area contributed by atoms with Crippen molar-refractivity contribution >= 4 is 0 Å². The summed E-state index contributed by atoms with van der Waals surface area (Å²) < 4.78 is 0. The molecule has 0 atom stereocenters. The van der Waals surface area contributed by atoms with Crippen molar-refractivity contribution in [2.75, 3.05) is 6.54 Å². The molecule has 2 fully saturated rings. The highest BCUT2D eigenvalue weighted by Crippen LogP contribution is 2.46. The lowest BCUT2D eigenvalue weighted by atomic mass is 9.71. The molecule has 0 unspecified atom stereocenters. The van der Waals surface area contributed by atoms with Crippen molar-refractivity contribution in [1.29, 1.82) is 0 Å². The van der Waals surface area contributed by atoms with Gasteiger partial charge in [0.25, 0.3) is 0 Å². The fourth-order valence-electron chi connectivity index (χ4n) is 6.87. The quantitative estimate of drug-likeness (QED) is 0.403. The summed E-state index contributed by atoms with van der Waals surface area (Å²) >= 11 is 0. The lowest BCUT2D eigenvalue weighted by molar-refractivity contribution is -0.0346. The van der Waals surface area contributed by atoms with Crippen LogP contribution in [0.2, 0.25) is 0 Å². The molecule has 0 aromatic heterocycles. The highest BCUT2D eigenvalue weighted by Gasteiger charge is 2.44. The molecule has 1 saturated heterocycles. The third-order valence-corrected chi connectivity index (χ3v) is 8.62. The highest BCUT2D eigenvalue weighted by molar-refractivity contribution is 5.64. The van der Waals surface area contributed by atoms with Gasteiger partial charge in [0, 0.05) is 17.6 Å². The van der Waals surface area contributed by atoms with Gasteiger partial charge in [-0.3, -0.25) is 4.90 Å². The highest BCUT2D eigenvalue weighted by atomic mass is 15.3. The second-order valence-electron chi connectivity index (χ2n) is 12.2. The zero-order chi connectivity index (χ0) is 23.6. The van der Waals surface area contributed by atoms with E-state index in [-0.39, 0.29) is 11.1 Å². The van der Waals surface area contributed by atoms with Crippen LogP contribution >= 0.6 is 0 Å². The van der Waals surface area contributed by atoms with Gasteiger partial charge in [-0.05, 0) is 99.8 Å². The minimum Gasteiger partial charge on any atom is -0.293 e. The zero-order valence-electron chi connectivity index (χ0n) is 21.7. The maximum atomic E-state index is 3.94. The van der Waals surface area contributed by atoms with Gasteiger partial charge in [0.05, 0.1) is 0 Å². The van der Waals surface area contributed by atoms with Gasteiger partial charge >= 0.3 is 0 Å². The summed E-state index contributed by atoms with van der Waals surface area (Å²) in [5.41, 5.74) is 6.10. The Morgan fingerprint density at radius 1 is 0.758 bits per heavy atom. The minimum absolute atomic E-state index is 0.195. The van der Waals surface area contributed by atoms with E-state index in [1.54, 1.807) is 0 Å². The molecule has 1 heteroatoms. The maximum Gasteiger partial charge on any atom is 0.0164 e. The van der Waals surface area contributed by atoms with E-state index in [1.165, 1.54) is 60.8 Å². The summed E-state index contributed by atoms with van der Waals surface area (Å²) in [7, 11) is 0. The van der Waals surface area contributed by atoms with Crippen molar-refractivity contribution < 1.29 is 0 Å². The summed E-state index contributed by atoms with van der Waals surface area (Å²) in [4.78, 5) is 2.71. The molecule has 2 aromatic carbocycles. The average Bonchev–Trinajstić information content (AvgIpc) is 2.78. The van der Waals surface area contributed by atoms with Gasteiger partial charge in [-0.15, -0.1) is 6.58 Å². The number of rotatable bonds is 6. The van der Waals surface area contributed by atoms with E-state index >= 15 is 0 Å². The number of hydrogen-bond acceptors (Lipinski definition) is 1. The monoisotopic (exact) mass is 443 g/mol. The predicted molar refractivity (Wildman–Crippen MR) is 144 cm³/mol. The molecule has 33 heavy (non-hydrogen) atoms. The van der Waals surface area contributed by atoms with Crippen LogP contribution in [0.1, 0.15) is 103 Å². The van der Waals surface area contributed by atoms with Gasteiger partial charge < -0.3 is 0 Å². The molecule has 0 spiro atoms. The molecule has 1 saturated carbocycles. The van der Waals surface area contributed by atoms with Crippen LogP contribution in [0.5, 0.6) is 0 Å². The Morgan fingerprint density at radius 3 is 1.67 bits per heavy atom. The average molecular weight is 444 g/mol. The first-order chi connectivity index (χ1) is 15.7. The summed E-state index contributed by atoms with van der Waals surface area (Å²) in [5.74, 6) is 2.29. The van der Waals surface area contributed by atoms with Crippen LogP contribution in [0.25, 0.3) is 11.1 Å². The van der Waals surface area contributed by atoms with Crippen molar-refractivity contribution in [1.82, 2.24) is 4.90 Å². The Bertz CT molecular complexity index is 892. The molecular weight excluding hydrogens is 398 g/mol. The van der Waals surface area contributed by atoms with E-state index in [1.807, 2.05) is 0 Å². The first kappa shape index (κ1) is 24.3. The number of benzene rings is 2. The van der Waals surface area contributed by atoms with Gasteiger partial charge in [-0.1, -0.05) is 74.4 Å². The molecule has 1 heterocycles. The fourth-order valence-corrected chi connectivity index (χ4v) is 6.87. The molecule has 0 bridgehead atoms. The molecule has 2 aromatic rings. The number of piperidine rings is 1. The molecule has 4 rings (SSSR count). The van der Waals surface area contributed by atoms with Crippen LogP contribution in [0.3, 0.4) is 0 Å². The van der Waals surface area contributed by atoms with Crippen LogP contribution in [0.15, 0.2) is 61.2 Å². The molecule has 0 radical (unpaired) electrons. The van der Waals surface area contributed by atoms with E-state index in [4.69, 9.17) is 0 Å². The molecule has 1 aliphatic carbocycles. The third-order valence-electron chi connectivity index (χ3n) is 8.62. The molecule has 1 nitrogen and oxygen atoms in total. The van der Waals surface area contributed by atoms with Crippen molar-refractivity contribution in [3.63, 3.8) is 0 Å². The third kappa shape index (κ3) is 5.46. The summed E-state index contributed by atoms with van der Waals surface area (Å²) in [6.07, 6.45) is 11.0. The largest absolute Gasteiger partial charge is 0.293 e. The summed E-state index contributed by atoms with van der Waals surface area (Å²) in [5, 5.41) is 0. The van der Waals surface area contributed by atoms with Gasteiger partial charge in [0.15, 0.2) is 0 Å². The number of hydrogen-bond donors (Lipinski definition) is 0. The zero-order valence-corrected chi connectivity index (χ0v) is 21.7. The SMILES string of the molecule is C=CCCN1C(C)(C)CC(c2ccc(-c3ccc(C4CCC(C)CC4)cc3)cc2)CC1(C)C. The van der Waals surface area contributed by atoms with Crippen LogP contribution in [0.4, 0.5) is 0 Å². The Hall–Kier alpha value is -1.86. The predicted octanol–water partition coefficient (Wildman–Crippen LogP) is 8.96. The van der Waals surface area contributed by atoms with Crippen molar-refractivity contribution in [2.45, 2.75) is 102 Å². The molecule has 0 amide bonds. The second kappa shape index (κ2) is 9.79. The lowest BCUT2D eigenvalue weighted by Crippen LogP contribution is -2.60. The standard InChI is InChI=1S/C32H45N/c1-7-8-21-33-31(3,4)22-30(23-32(33,5)6)29-19-17-28(18-20-29)27-15-13-26(14-16-27)25-11-9-24(2)10-12-25/h7,13-20,24-25,30H,1,8-12,21-23H2,2-6H3. The summed E-state index contributed by atoms with van der Waals surface area (Å²) in [6.45, 7) is 17.1. The van der Waals surface area contributed by atoms with Crippen LogP contribution in [-0.2, 0) is 0 Å². The number of likely N-dealkylation sites (tertiary alicyclic amines) is 1. The van der Waals surface area contributed by atoms with Crippen molar-refractivity contribution in [3.8, 4) is 11.1 Å². The van der Waals surface area contributed by atoms with Crippen LogP contribution in [0, 0.1) is 5.92 Å². The Labute approximate surface area is 203 Å². The van der Waals surface area contributed by atoms with Gasteiger partial charge in [0.1, 0.15) is 0 Å². The smallest absolute Gasteiger partial charge is 0.0164 e. The van der Waals surface area contributed by atoms with E-state index in [0.29, 0.717) is 5.92 Å². The molecule has 1 aliphatic heterocycles. The number of nitrogens with zero attached hydrogens (tertiary/aromatic N) is 1. The van der Waals surface area contributed by atoms with Crippen molar-refractivity contribution in [3.05, 3.63) is 72.3 Å². The normalized spacial score (nSPS) is 25.6. The van der Waals surface area contributed by atoms with E-state index in [9.17, 15) is 0 Å². The molecule has 0 N–H and O–H groups in total. The van der Waals surface area contributed by atoms with Crippen molar-refractivity contribution in [2.24, 2.45) is 5.92 Å². The molecule has 2 aliphatic rings. The lowest BCUT2D eigenvalue weighted by Gasteiger charge is -2.55. The first-order valence-electron chi connectivity index (χ1n) is 13.3. The van der Waals surface area contributed by atoms with Crippen LogP contribution < -0.4 is 0 Å². The Balaban J connectivity index is 1.45. The summed E-state index contributed by atoms with van der Waals surface area (Å²) in [6, 6.07) is 18.9. The second-order valence-corrected chi connectivity index (χ2v) is 12.2. The van der Waals surface area contributed by atoms with Crippen LogP contribution in [-0.4, -0.2) is 22.5 Å². The van der Waals surface area contributed by atoms with E-state index < -0.39 is 0 Å². The maximum absolute atomic E-state index is 3.94. The van der Waals surface area contributed by atoms with Gasteiger partial charge in [-0.2, -0.15) is 0 Å². The van der Waals surface area contributed by atoms with E-state index in [0.717, 1.165) is 24.8 Å². The molecular formula is C32H45N. The minimum atomic E-state index is 0.195. The Kier molecular flexibility index (Phi) is 7.20. The van der Waals surface area contributed by atoms with Gasteiger partial charge in [-0.25, -0.2) is 0 Å². The van der Waals surface area contributed by atoms with E-state index in [2.05, 4.69) is 101 Å².